The minimum Gasteiger partial charge on any atom is -0.395 e. The van der Waals surface area contributed by atoms with Gasteiger partial charge in [0.2, 0.25) is 5.95 Å². The van der Waals surface area contributed by atoms with Crippen LogP contribution in [0.3, 0.4) is 0 Å². The van der Waals surface area contributed by atoms with Gasteiger partial charge >= 0.3 is 0 Å². The second-order valence-electron chi connectivity index (χ2n) is 11.2. The number of aryl methyl sites for hydroxylation is 1. The fourth-order valence-corrected chi connectivity index (χ4v) is 6.25. The standard InChI is InChI=1S/C27H36N6O2S/c1-19-16-23(30-25(28-19)33-13-10-27(18-33)6-7-27)29-24(35)21-3-2-20(31-36-15-14-34)17-22(21)32-11-8-26(4-5-26)9-12-32/h2-3,16-17,31,34H,4-15,18H2,1H3,(H,28,29,30,35). The van der Waals surface area contributed by atoms with Crippen LogP contribution in [0.15, 0.2) is 24.3 Å². The average Bonchev–Trinajstić information content (AvgIpc) is 3.76. The first-order chi connectivity index (χ1) is 17.5. The molecule has 8 nitrogen and oxygen atoms in total. The molecule has 3 N–H and O–H groups in total. The molecule has 2 aromatic rings. The van der Waals surface area contributed by atoms with Gasteiger partial charge in [-0.1, -0.05) is 11.9 Å². The van der Waals surface area contributed by atoms with Crippen molar-refractivity contribution in [1.29, 1.82) is 0 Å². The first-order valence-electron chi connectivity index (χ1n) is 13.3. The summed E-state index contributed by atoms with van der Waals surface area (Å²) >= 11 is 1.47. The Hall–Kier alpha value is -2.52. The van der Waals surface area contributed by atoms with Crippen LogP contribution >= 0.6 is 11.9 Å². The number of benzene rings is 1. The molecule has 1 aromatic carbocycles. The minimum atomic E-state index is -0.143. The summed E-state index contributed by atoms with van der Waals surface area (Å²) < 4.78 is 3.30. The first kappa shape index (κ1) is 23.9. The quantitative estimate of drug-likeness (QED) is 0.356. The molecule has 36 heavy (non-hydrogen) atoms. The van der Waals surface area contributed by atoms with Gasteiger partial charge < -0.3 is 24.9 Å². The van der Waals surface area contributed by atoms with Crippen molar-refractivity contribution in [2.75, 3.05) is 58.4 Å². The molecule has 3 heterocycles. The lowest BCUT2D eigenvalue weighted by Crippen LogP contribution is -2.35. The van der Waals surface area contributed by atoms with Crippen LogP contribution in [0, 0.1) is 17.8 Å². The Balaban J connectivity index is 1.22. The molecule has 2 saturated carbocycles. The monoisotopic (exact) mass is 508 g/mol. The molecule has 0 bridgehead atoms. The smallest absolute Gasteiger partial charge is 0.258 e. The van der Waals surface area contributed by atoms with Gasteiger partial charge in [0, 0.05) is 49.4 Å². The fourth-order valence-electron chi connectivity index (χ4n) is 5.76. The van der Waals surface area contributed by atoms with Crippen LogP contribution < -0.4 is 19.8 Å². The van der Waals surface area contributed by atoms with Crippen LogP contribution in [0.4, 0.5) is 23.1 Å². The van der Waals surface area contributed by atoms with E-state index in [0.717, 1.165) is 49.2 Å². The van der Waals surface area contributed by atoms with Crippen LogP contribution in [0.25, 0.3) is 0 Å². The number of nitrogens with one attached hydrogen (secondary N) is 2. The van der Waals surface area contributed by atoms with E-state index in [-0.39, 0.29) is 12.5 Å². The first-order valence-corrected chi connectivity index (χ1v) is 14.2. The van der Waals surface area contributed by atoms with Gasteiger partial charge in [-0.3, -0.25) is 4.79 Å². The number of nitrogens with zero attached hydrogens (tertiary/aromatic N) is 4. The van der Waals surface area contributed by atoms with Crippen molar-refractivity contribution >= 4 is 41.0 Å². The fraction of sp³-hybridized carbons (Fsp3) is 0.593. The summed E-state index contributed by atoms with van der Waals surface area (Å²) in [6.45, 7) is 6.04. The van der Waals surface area contributed by atoms with Gasteiger partial charge in [0.05, 0.1) is 17.9 Å². The maximum atomic E-state index is 13.6. The van der Waals surface area contributed by atoms with Crippen molar-refractivity contribution < 1.29 is 9.90 Å². The van der Waals surface area contributed by atoms with Gasteiger partial charge in [-0.25, -0.2) is 4.98 Å². The second-order valence-corrected chi connectivity index (χ2v) is 12.1. The molecule has 2 spiro atoms. The summed E-state index contributed by atoms with van der Waals surface area (Å²) in [5.74, 6) is 1.74. The van der Waals surface area contributed by atoms with E-state index >= 15 is 0 Å². The largest absolute Gasteiger partial charge is 0.395 e. The van der Waals surface area contributed by atoms with Gasteiger partial charge in [-0.05, 0) is 80.9 Å². The molecule has 0 radical (unpaired) electrons. The molecule has 4 fully saturated rings. The third-order valence-electron chi connectivity index (χ3n) is 8.51. The number of aromatic nitrogens is 2. The average molecular weight is 509 g/mol. The lowest BCUT2D eigenvalue weighted by atomic mass is 9.93. The van der Waals surface area contributed by atoms with E-state index in [1.165, 1.54) is 56.9 Å². The number of anilines is 4. The lowest BCUT2D eigenvalue weighted by molar-refractivity contribution is 0.102. The van der Waals surface area contributed by atoms with Gasteiger partial charge in [0.15, 0.2) is 0 Å². The number of amides is 1. The zero-order valence-corrected chi connectivity index (χ0v) is 21.9. The Morgan fingerprint density at radius 3 is 2.42 bits per heavy atom. The maximum Gasteiger partial charge on any atom is 0.258 e. The van der Waals surface area contributed by atoms with E-state index in [1.54, 1.807) is 0 Å². The second kappa shape index (κ2) is 9.41. The highest BCUT2D eigenvalue weighted by Gasteiger charge is 2.48. The van der Waals surface area contributed by atoms with Crippen molar-refractivity contribution in [3.05, 3.63) is 35.5 Å². The molecule has 2 aliphatic heterocycles. The highest BCUT2D eigenvalue weighted by molar-refractivity contribution is 8.00. The number of carbonyl (C=O) groups excluding carboxylic acids is 1. The topological polar surface area (TPSA) is 93.6 Å². The predicted octanol–water partition coefficient (Wildman–Crippen LogP) is 4.46. The molecule has 2 saturated heterocycles. The summed E-state index contributed by atoms with van der Waals surface area (Å²) in [6, 6.07) is 7.76. The van der Waals surface area contributed by atoms with Gasteiger partial charge in [-0.15, -0.1) is 0 Å². The Morgan fingerprint density at radius 2 is 1.72 bits per heavy atom. The summed E-state index contributed by atoms with van der Waals surface area (Å²) in [6.07, 6.45) is 8.91. The summed E-state index contributed by atoms with van der Waals surface area (Å²) in [5.41, 5.74) is 4.47. The number of rotatable bonds is 8. The Bertz CT molecular complexity index is 1140. The molecule has 9 heteroatoms. The van der Waals surface area contributed by atoms with Crippen LogP contribution in [-0.2, 0) is 0 Å². The minimum absolute atomic E-state index is 0.123. The van der Waals surface area contributed by atoms with Crippen molar-refractivity contribution in [1.82, 2.24) is 9.97 Å². The van der Waals surface area contributed by atoms with Gasteiger partial charge in [0.1, 0.15) is 5.82 Å². The molecule has 0 atom stereocenters. The summed E-state index contributed by atoms with van der Waals surface area (Å²) in [5, 5.41) is 12.2. The molecular formula is C27H36N6O2S. The molecule has 192 valence electrons. The Morgan fingerprint density at radius 1 is 1.00 bits per heavy atom. The zero-order chi connectivity index (χ0) is 24.8. The number of aliphatic hydroxyl groups is 1. The van der Waals surface area contributed by atoms with Crippen LogP contribution in [0.2, 0.25) is 0 Å². The molecule has 1 aromatic heterocycles. The molecule has 4 aliphatic rings. The number of hydrogen-bond acceptors (Lipinski definition) is 8. The molecule has 1 amide bonds. The van der Waals surface area contributed by atoms with E-state index in [4.69, 9.17) is 10.1 Å². The number of carbonyl (C=O) groups is 1. The van der Waals surface area contributed by atoms with Crippen molar-refractivity contribution in [2.45, 2.75) is 51.9 Å². The Labute approximate surface area is 217 Å². The van der Waals surface area contributed by atoms with E-state index in [2.05, 4.69) is 30.9 Å². The normalized spacial score (nSPS) is 21.2. The number of hydrogen-bond donors (Lipinski definition) is 3. The highest BCUT2D eigenvalue weighted by atomic mass is 32.2. The van der Waals surface area contributed by atoms with Crippen LogP contribution in [-0.4, -0.2) is 59.5 Å². The van der Waals surface area contributed by atoms with E-state index in [9.17, 15) is 4.79 Å². The highest BCUT2D eigenvalue weighted by Crippen LogP contribution is 2.54. The summed E-state index contributed by atoms with van der Waals surface area (Å²) in [4.78, 5) is 27.6. The van der Waals surface area contributed by atoms with E-state index in [0.29, 0.717) is 28.0 Å². The molecule has 0 unspecified atom stereocenters. The van der Waals surface area contributed by atoms with Gasteiger partial charge in [-0.2, -0.15) is 4.98 Å². The van der Waals surface area contributed by atoms with E-state index < -0.39 is 0 Å². The third kappa shape index (κ3) is 5.00. The maximum absolute atomic E-state index is 13.6. The van der Waals surface area contributed by atoms with Crippen molar-refractivity contribution in [3.63, 3.8) is 0 Å². The third-order valence-corrected chi connectivity index (χ3v) is 9.28. The summed E-state index contributed by atoms with van der Waals surface area (Å²) in [7, 11) is 0. The SMILES string of the molecule is Cc1cc(NC(=O)c2ccc(NSCCO)cc2N2CCC3(CC2)CC3)nc(N2CCC3(CC3)C2)n1. The van der Waals surface area contributed by atoms with Crippen LogP contribution in [0.5, 0.6) is 0 Å². The lowest BCUT2D eigenvalue weighted by Gasteiger charge is -2.35. The van der Waals surface area contributed by atoms with E-state index in [1.807, 2.05) is 25.1 Å². The Kier molecular flexibility index (Phi) is 6.24. The van der Waals surface area contributed by atoms with Crippen LogP contribution in [0.1, 0.15) is 61.0 Å². The molecular weight excluding hydrogens is 472 g/mol. The number of aliphatic hydroxyl groups excluding tert-OH is 1. The van der Waals surface area contributed by atoms with Crippen molar-refractivity contribution in [3.8, 4) is 0 Å². The van der Waals surface area contributed by atoms with Crippen molar-refractivity contribution in [2.24, 2.45) is 10.8 Å². The zero-order valence-electron chi connectivity index (χ0n) is 21.1. The predicted molar refractivity (Wildman–Crippen MR) is 146 cm³/mol. The van der Waals surface area contributed by atoms with Gasteiger partial charge in [0.25, 0.3) is 5.91 Å². The molecule has 6 rings (SSSR count). The molecule has 2 aliphatic carbocycles. The number of piperidine rings is 1.